The smallest absolute Gasteiger partial charge is 0.335 e. The van der Waals surface area contributed by atoms with Gasteiger partial charge >= 0.3 is 6.03 Å². The Labute approximate surface area is 224 Å². The second kappa shape index (κ2) is 10.1. The number of nitrogens with zero attached hydrogens (tertiary/aromatic N) is 1. The van der Waals surface area contributed by atoms with E-state index in [9.17, 15) is 34.8 Å². The molecule has 2 aliphatic rings. The van der Waals surface area contributed by atoms with Crippen molar-refractivity contribution in [2.24, 2.45) is 16.8 Å². The van der Waals surface area contributed by atoms with Crippen molar-refractivity contribution >= 4 is 46.5 Å². The third-order valence-electron chi connectivity index (χ3n) is 7.22. The summed E-state index contributed by atoms with van der Waals surface area (Å²) in [5.41, 5.74) is 6.13. The molecule has 0 aromatic heterocycles. The Morgan fingerprint density at radius 3 is 2.53 bits per heavy atom. The molecule has 0 saturated heterocycles. The van der Waals surface area contributed by atoms with E-state index in [1.165, 1.54) is 13.0 Å². The molecule has 0 radical (unpaired) electrons. The van der Waals surface area contributed by atoms with Gasteiger partial charge in [-0.05, 0) is 49.3 Å². The van der Waals surface area contributed by atoms with Crippen LogP contribution in [0.4, 0.5) is 4.79 Å². The first-order chi connectivity index (χ1) is 17.4. The summed E-state index contributed by atoms with van der Waals surface area (Å²) in [6.07, 6.45) is 1.34. The van der Waals surface area contributed by atoms with E-state index in [4.69, 9.17) is 5.73 Å². The van der Waals surface area contributed by atoms with Crippen molar-refractivity contribution in [2.75, 3.05) is 6.54 Å². The van der Waals surface area contributed by atoms with Crippen molar-refractivity contribution in [2.45, 2.75) is 38.8 Å². The number of nitrogens with two attached hydrogens (primary N) is 1. The lowest BCUT2D eigenvalue weighted by molar-refractivity contribution is -0.122. The summed E-state index contributed by atoms with van der Waals surface area (Å²) in [4.78, 5) is 38.8. The van der Waals surface area contributed by atoms with Crippen LogP contribution in [0.1, 0.15) is 34.0 Å². The van der Waals surface area contributed by atoms with Gasteiger partial charge in [0.05, 0.1) is 28.3 Å². The average Bonchev–Trinajstić information content (AvgIpc) is 2.86. The maximum absolute atomic E-state index is 13.8. The van der Waals surface area contributed by atoms with Gasteiger partial charge in [0.1, 0.15) is 17.3 Å². The summed E-state index contributed by atoms with van der Waals surface area (Å²) >= 11 is 0. The van der Waals surface area contributed by atoms with Gasteiger partial charge < -0.3 is 31.5 Å². The number of hydrogen-bond acceptors (Lipinski definition) is 9. The summed E-state index contributed by atoms with van der Waals surface area (Å²) in [7, 11) is 0. The summed E-state index contributed by atoms with van der Waals surface area (Å²) in [5, 5.41) is 51.3. The number of ketones is 2. The van der Waals surface area contributed by atoms with Crippen LogP contribution in [0.5, 0.6) is 11.5 Å². The van der Waals surface area contributed by atoms with Gasteiger partial charge in [-0.25, -0.2) is 10.2 Å². The second-order valence-corrected chi connectivity index (χ2v) is 9.31. The molecule has 0 unspecified atom stereocenters. The molecule has 0 fully saturated rings. The van der Waals surface area contributed by atoms with E-state index in [0.29, 0.717) is 22.1 Å². The van der Waals surface area contributed by atoms with Crippen LogP contribution in [0.25, 0.3) is 10.8 Å². The summed E-state index contributed by atoms with van der Waals surface area (Å²) in [6.45, 7) is 8.25. The number of benzene rings is 2. The number of rotatable bonds is 4. The van der Waals surface area contributed by atoms with Crippen LogP contribution in [0.15, 0.2) is 41.2 Å². The van der Waals surface area contributed by atoms with Crippen LogP contribution >= 0.6 is 12.4 Å². The molecule has 12 heteroatoms. The number of amides is 2. The molecule has 3 atom stereocenters. The number of hydrazone groups is 1. The number of phenolic OH excluding ortho intramolecular Hbond substituents is 2. The highest BCUT2D eigenvalue weighted by atomic mass is 35.5. The molecular formula is C26H29ClN4O7. The highest BCUT2D eigenvalue weighted by molar-refractivity contribution is 6.27. The predicted octanol–water partition coefficient (Wildman–Crippen LogP) is 1.96. The molecule has 0 spiro atoms. The largest absolute Gasteiger partial charge is 0.508 e. The Morgan fingerprint density at radius 2 is 1.89 bits per heavy atom. The minimum absolute atomic E-state index is 0. The van der Waals surface area contributed by atoms with Crippen molar-refractivity contribution < 1.29 is 34.8 Å². The van der Waals surface area contributed by atoms with Crippen LogP contribution in [0.3, 0.4) is 0 Å². The maximum Gasteiger partial charge on any atom is 0.335 e. The van der Waals surface area contributed by atoms with Gasteiger partial charge in [-0.2, -0.15) is 5.10 Å². The van der Waals surface area contributed by atoms with E-state index in [2.05, 4.69) is 22.4 Å². The number of Topliss-reactive ketones (excluding diaryl/α,β-unsaturated/α-hetero) is 2. The van der Waals surface area contributed by atoms with Gasteiger partial charge in [-0.15, -0.1) is 19.0 Å². The Balaban J connectivity index is 0.00000400. The molecule has 8 N–H and O–H groups in total. The fraction of sp³-hybridized carbons (Fsp3) is 0.308. The van der Waals surface area contributed by atoms with Gasteiger partial charge in [-0.1, -0.05) is 18.2 Å². The van der Waals surface area contributed by atoms with Crippen LogP contribution in [0, 0.1) is 19.8 Å². The lowest BCUT2D eigenvalue weighted by Crippen LogP contribution is -2.63. The van der Waals surface area contributed by atoms with E-state index >= 15 is 0 Å². The average molecular weight is 545 g/mol. The third kappa shape index (κ3) is 3.99. The lowest BCUT2D eigenvalue weighted by atomic mass is 9.61. The molecule has 2 aromatic rings. The minimum Gasteiger partial charge on any atom is -0.508 e. The monoisotopic (exact) mass is 544 g/mol. The zero-order valence-electron chi connectivity index (χ0n) is 21.0. The first-order valence-corrected chi connectivity index (χ1v) is 11.5. The lowest BCUT2D eigenvalue weighted by Gasteiger charge is -2.45. The van der Waals surface area contributed by atoms with Crippen molar-refractivity contribution in [3.63, 3.8) is 0 Å². The molecule has 11 nitrogen and oxygen atoms in total. The summed E-state index contributed by atoms with van der Waals surface area (Å²) in [5.74, 6) is -4.81. The number of urea groups is 1. The summed E-state index contributed by atoms with van der Waals surface area (Å²) < 4.78 is 0. The zero-order valence-corrected chi connectivity index (χ0v) is 21.8. The fourth-order valence-electron chi connectivity index (χ4n) is 5.16. The number of phenols is 2. The van der Waals surface area contributed by atoms with Crippen molar-refractivity contribution in [3.8, 4) is 11.5 Å². The van der Waals surface area contributed by atoms with Crippen molar-refractivity contribution in [3.05, 3.63) is 58.4 Å². The normalized spacial score (nSPS) is 22.9. The first kappa shape index (κ1) is 28.6. The Bertz CT molecular complexity index is 1470. The second-order valence-electron chi connectivity index (χ2n) is 9.31. The molecule has 2 amide bonds. The Hall–Kier alpha value is -3.93. The molecule has 0 bridgehead atoms. The topological polar surface area (TPSA) is 195 Å². The first-order valence-electron chi connectivity index (χ1n) is 11.5. The number of aliphatic hydroxyl groups excluding tert-OH is 1. The highest BCUT2D eigenvalue weighted by Crippen LogP contribution is 2.50. The van der Waals surface area contributed by atoms with Crippen LogP contribution in [0.2, 0.25) is 0 Å². The fourth-order valence-corrected chi connectivity index (χ4v) is 5.16. The van der Waals surface area contributed by atoms with Crippen LogP contribution in [-0.4, -0.2) is 61.9 Å². The van der Waals surface area contributed by atoms with Crippen LogP contribution in [-0.2, 0) is 11.2 Å². The van der Waals surface area contributed by atoms with E-state index < -0.39 is 52.2 Å². The molecule has 202 valence electrons. The van der Waals surface area contributed by atoms with E-state index in [1.807, 2.05) is 0 Å². The zero-order chi connectivity index (χ0) is 27.4. The molecule has 0 aliphatic heterocycles. The molecule has 0 heterocycles. The molecule has 4 rings (SSSR count). The molecule has 2 aliphatic carbocycles. The van der Waals surface area contributed by atoms with Gasteiger partial charge in [0.25, 0.3) is 0 Å². The van der Waals surface area contributed by atoms with Gasteiger partial charge in [0, 0.05) is 12.5 Å². The quantitative estimate of drug-likeness (QED) is 0.172. The van der Waals surface area contributed by atoms with Gasteiger partial charge in [0.15, 0.2) is 11.4 Å². The van der Waals surface area contributed by atoms with Crippen molar-refractivity contribution in [1.29, 1.82) is 0 Å². The SMILES string of the molecule is C=CCNC(=O)N/N=C(\C)C1=C(O)[C@@]2(O)C(=O)c3c(c(C)c4ccc(C)c(O)c4c3O)C[C@H]2[C@@H](N)C1=O.Cl. The Morgan fingerprint density at radius 1 is 1.24 bits per heavy atom. The number of carbonyl (C=O) groups excluding carboxylic acids is 3. The number of nitrogens with one attached hydrogen (secondary N) is 2. The molecule has 0 saturated carbocycles. The molecule has 38 heavy (non-hydrogen) atoms. The van der Waals surface area contributed by atoms with E-state index in [0.717, 1.165) is 0 Å². The molecule has 2 aromatic carbocycles. The number of hydrogen-bond donors (Lipinski definition) is 7. The number of fused-ring (bicyclic) bond motifs is 3. The maximum atomic E-state index is 13.8. The Kier molecular flexibility index (Phi) is 7.60. The van der Waals surface area contributed by atoms with Crippen molar-refractivity contribution in [1.82, 2.24) is 10.7 Å². The van der Waals surface area contributed by atoms with Gasteiger partial charge in [0.2, 0.25) is 5.78 Å². The van der Waals surface area contributed by atoms with Gasteiger partial charge in [-0.3, -0.25) is 9.59 Å². The number of carbonyl (C=O) groups is 3. The summed E-state index contributed by atoms with van der Waals surface area (Å²) in [6, 6.07) is 1.25. The number of aliphatic hydroxyl groups is 2. The van der Waals surface area contributed by atoms with Crippen LogP contribution < -0.4 is 16.5 Å². The van der Waals surface area contributed by atoms with E-state index in [-0.39, 0.29) is 47.8 Å². The van der Waals surface area contributed by atoms with E-state index in [1.54, 1.807) is 26.0 Å². The highest BCUT2D eigenvalue weighted by Gasteiger charge is 2.60. The third-order valence-corrected chi connectivity index (χ3v) is 7.22. The number of aromatic hydroxyl groups is 2. The molecular weight excluding hydrogens is 516 g/mol. The minimum atomic E-state index is -2.66. The predicted molar refractivity (Wildman–Crippen MR) is 143 cm³/mol. The number of aryl methyl sites for hydroxylation is 2. The standard InChI is InChI=1S/C26H28N4O7.ClH/c1-5-8-28-25(36)30-29-12(4)16-22(33)19(27)15-9-14-11(3)13-7-6-10(2)20(31)17(13)21(32)18(14)24(35)26(15,37)23(16)34;/h5-7,15,19,31-32,34,37H,1,8-9,27H2,2-4H3,(H2,28,30,36);1H/b29-12+;/t15-,19+,26+;/m0./s1. The number of halogens is 1.